The molecule has 0 unspecified atom stereocenters. The first kappa shape index (κ1) is 18.4. The van der Waals surface area contributed by atoms with Crippen molar-refractivity contribution in [2.24, 2.45) is 0 Å². The van der Waals surface area contributed by atoms with Crippen LogP contribution in [0.4, 0.5) is 11.4 Å². The maximum atomic E-state index is 12.7. The summed E-state index contributed by atoms with van der Waals surface area (Å²) in [7, 11) is 0. The average molecular weight is 392 g/mol. The highest BCUT2D eigenvalue weighted by atomic mass is 32.2. The molecule has 2 aromatic carbocycles. The fourth-order valence-corrected chi connectivity index (χ4v) is 4.52. The van der Waals surface area contributed by atoms with Gasteiger partial charge in [0.1, 0.15) is 5.37 Å². The van der Waals surface area contributed by atoms with Crippen molar-refractivity contribution in [2.45, 2.75) is 19.2 Å². The molecule has 4 rings (SSSR count). The number of hydrogen-bond acceptors (Lipinski definition) is 4. The minimum atomic E-state index is -0.315. The first-order valence-electron chi connectivity index (χ1n) is 8.99. The normalized spacial score (nSPS) is 16.4. The molecule has 2 amide bonds. The summed E-state index contributed by atoms with van der Waals surface area (Å²) in [4.78, 5) is 27.0. The van der Waals surface area contributed by atoms with Crippen LogP contribution in [-0.4, -0.2) is 17.6 Å². The monoisotopic (exact) mass is 392 g/mol. The van der Waals surface area contributed by atoms with Crippen molar-refractivity contribution < 1.29 is 14.0 Å². The van der Waals surface area contributed by atoms with Gasteiger partial charge in [-0.25, -0.2) is 0 Å². The molecule has 1 N–H and O–H groups in total. The lowest BCUT2D eigenvalue weighted by molar-refractivity contribution is -0.115. The second-order valence-corrected chi connectivity index (χ2v) is 7.80. The highest BCUT2D eigenvalue weighted by molar-refractivity contribution is 8.00. The van der Waals surface area contributed by atoms with Crippen molar-refractivity contribution in [2.75, 3.05) is 16.0 Å². The summed E-state index contributed by atoms with van der Waals surface area (Å²) in [5.74, 6) is 0.399. The van der Waals surface area contributed by atoms with Crippen molar-refractivity contribution >= 4 is 35.0 Å². The Bertz CT molecular complexity index is 1030. The SMILES string of the molecule is Cc1ccc(C)c(N2C(=O)CS[C@H]2c2ccccc2NC(=O)c2ccco2)c1. The fourth-order valence-electron chi connectivity index (χ4n) is 3.31. The second-order valence-electron chi connectivity index (χ2n) is 6.74. The third kappa shape index (κ3) is 3.43. The van der Waals surface area contributed by atoms with Gasteiger partial charge in [0.25, 0.3) is 5.91 Å². The predicted molar refractivity (Wildman–Crippen MR) is 112 cm³/mol. The van der Waals surface area contributed by atoms with Crippen LogP contribution in [0.25, 0.3) is 0 Å². The Morgan fingerprint density at radius 2 is 1.96 bits per heavy atom. The van der Waals surface area contributed by atoms with Gasteiger partial charge in [0, 0.05) is 16.9 Å². The Hall–Kier alpha value is -2.99. The molecule has 5 nitrogen and oxygen atoms in total. The largest absolute Gasteiger partial charge is 0.459 e. The van der Waals surface area contributed by atoms with Crippen molar-refractivity contribution in [3.63, 3.8) is 0 Å². The lowest BCUT2D eigenvalue weighted by Gasteiger charge is -2.27. The number of thioether (sulfide) groups is 1. The number of carbonyl (C=O) groups is 2. The fraction of sp³-hybridized carbons (Fsp3) is 0.182. The molecule has 1 fully saturated rings. The van der Waals surface area contributed by atoms with Gasteiger partial charge in [-0.15, -0.1) is 11.8 Å². The molecule has 1 saturated heterocycles. The number of hydrogen-bond donors (Lipinski definition) is 1. The molecule has 3 aromatic rings. The first-order valence-corrected chi connectivity index (χ1v) is 10.0. The van der Waals surface area contributed by atoms with E-state index in [0.29, 0.717) is 11.4 Å². The van der Waals surface area contributed by atoms with Crippen LogP contribution < -0.4 is 10.2 Å². The Kier molecular flexibility index (Phi) is 4.96. The van der Waals surface area contributed by atoms with E-state index in [1.165, 1.54) is 6.26 Å². The van der Waals surface area contributed by atoms with Gasteiger partial charge in [-0.3, -0.25) is 14.5 Å². The van der Waals surface area contributed by atoms with E-state index in [2.05, 4.69) is 5.32 Å². The number of carbonyl (C=O) groups excluding carboxylic acids is 2. The zero-order valence-corrected chi connectivity index (χ0v) is 16.5. The van der Waals surface area contributed by atoms with Crippen LogP contribution in [-0.2, 0) is 4.79 Å². The Morgan fingerprint density at radius 3 is 2.75 bits per heavy atom. The molecule has 142 valence electrons. The minimum absolute atomic E-state index is 0.0656. The summed E-state index contributed by atoms with van der Waals surface area (Å²) >= 11 is 1.56. The molecule has 1 aromatic heterocycles. The zero-order chi connectivity index (χ0) is 19.7. The highest BCUT2D eigenvalue weighted by Gasteiger charge is 2.36. The molecule has 1 aliphatic heterocycles. The molecule has 1 atom stereocenters. The summed E-state index contributed by atoms with van der Waals surface area (Å²) in [6, 6.07) is 17.0. The number of aryl methyl sites for hydroxylation is 2. The third-order valence-corrected chi connectivity index (χ3v) is 5.91. The van der Waals surface area contributed by atoms with Gasteiger partial charge < -0.3 is 9.73 Å². The van der Waals surface area contributed by atoms with Crippen LogP contribution >= 0.6 is 11.8 Å². The van der Waals surface area contributed by atoms with Crippen LogP contribution in [0, 0.1) is 13.8 Å². The molecule has 6 heteroatoms. The number of nitrogens with one attached hydrogen (secondary N) is 1. The summed E-state index contributed by atoms with van der Waals surface area (Å²) in [6.07, 6.45) is 1.47. The van der Waals surface area contributed by atoms with Crippen LogP contribution in [0.1, 0.15) is 32.6 Å². The van der Waals surface area contributed by atoms with E-state index in [0.717, 1.165) is 22.4 Å². The van der Waals surface area contributed by atoms with E-state index < -0.39 is 0 Å². The highest BCUT2D eigenvalue weighted by Crippen LogP contribution is 2.45. The summed E-state index contributed by atoms with van der Waals surface area (Å²) in [5.41, 5.74) is 4.62. The van der Waals surface area contributed by atoms with Gasteiger partial charge in [-0.2, -0.15) is 0 Å². The van der Waals surface area contributed by atoms with E-state index in [1.54, 1.807) is 23.9 Å². The molecule has 0 radical (unpaired) electrons. The van der Waals surface area contributed by atoms with Gasteiger partial charge in [0.2, 0.25) is 5.91 Å². The van der Waals surface area contributed by atoms with Gasteiger partial charge >= 0.3 is 0 Å². The summed E-state index contributed by atoms with van der Waals surface area (Å²) in [5, 5.41) is 2.71. The van der Waals surface area contributed by atoms with Crippen LogP contribution in [0.5, 0.6) is 0 Å². The lowest BCUT2D eigenvalue weighted by atomic mass is 10.1. The quantitative estimate of drug-likeness (QED) is 0.684. The van der Waals surface area contributed by atoms with Crippen LogP contribution in [0.3, 0.4) is 0 Å². The maximum absolute atomic E-state index is 12.7. The molecule has 0 bridgehead atoms. The predicted octanol–water partition coefficient (Wildman–Crippen LogP) is 4.93. The van der Waals surface area contributed by atoms with E-state index in [1.807, 2.05) is 61.2 Å². The molecule has 1 aliphatic rings. The zero-order valence-electron chi connectivity index (χ0n) is 15.6. The number of nitrogens with zero attached hydrogens (tertiary/aromatic N) is 1. The molecule has 0 saturated carbocycles. The number of rotatable bonds is 4. The van der Waals surface area contributed by atoms with Gasteiger partial charge in [0.05, 0.1) is 12.0 Å². The van der Waals surface area contributed by atoms with Crippen molar-refractivity contribution in [1.82, 2.24) is 0 Å². The van der Waals surface area contributed by atoms with Gasteiger partial charge in [-0.1, -0.05) is 30.3 Å². The van der Waals surface area contributed by atoms with Crippen LogP contribution in [0.2, 0.25) is 0 Å². The molecule has 0 aliphatic carbocycles. The molecule has 0 spiro atoms. The third-order valence-electron chi connectivity index (χ3n) is 4.71. The summed E-state index contributed by atoms with van der Waals surface area (Å²) < 4.78 is 5.19. The van der Waals surface area contributed by atoms with Gasteiger partial charge in [-0.05, 0) is 49.2 Å². The topological polar surface area (TPSA) is 62.6 Å². The first-order chi connectivity index (χ1) is 13.5. The number of amides is 2. The standard InChI is InChI=1S/C22H20N2O3S/c1-14-9-10-15(2)18(12-14)24-20(25)13-28-22(24)16-6-3-4-7-17(16)23-21(26)19-8-5-11-27-19/h3-12,22H,13H2,1-2H3,(H,23,26)/t22-/m0/s1. The molecule has 2 heterocycles. The number of anilines is 2. The average Bonchev–Trinajstić information content (AvgIpc) is 3.34. The number of benzene rings is 2. The van der Waals surface area contributed by atoms with E-state index >= 15 is 0 Å². The van der Waals surface area contributed by atoms with Crippen molar-refractivity contribution in [3.8, 4) is 0 Å². The van der Waals surface area contributed by atoms with Crippen LogP contribution in [0.15, 0.2) is 65.3 Å². The Balaban J connectivity index is 1.71. The number of para-hydroxylation sites is 1. The molecular weight excluding hydrogens is 372 g/mol. The van der Waals surface area contributed by atoms with E-state index in [9.17, 15) is 9.59 Å². The summed E-state index contributed by atoms with van der Waals surface area (Å²) in [6.45, 7) is 4.02. The second kappa shape index (κ2) is 7.56. The van der Waals surface area contributed by atoms with E-state index in [-0.39, 0.29) is 22.9 Å². The van der Waals surface area contributed by atoms with Crippen molar-refractivity contribution in [3.05, 3.63) is 83.3 Å². The smallest absolute Gasteiger partial charge is 0.291 e. The van der Waals surface area contributed by atoms with Crippen molar-refractivity contribution in [1.29, 1.82) is 0 Å². The number of furan rings is 1. The lowest BCUT2D eigenvalue weighted by Crippen LogP contribution is -2.29. The van der Waals surface area contributed by atoms with Gasteiger partial charge in [0.15, 0.2) is 5.76 Å². The maximum Gasteiger partial charge on any atom is 0.291 e. The Labute approximate surface area is 167 Å². The van der Waals surface area contributed by atoms with E-state index in [4.69, 9.17) is 4.42 Å². The minimum Gasteiger partial charge on any atom is -0.459 e. The Morgan fingerprint density at radius 1 is 1.14 bits per heavy atom. The molecule has 28 heavy (non-hydrogen) atoms. The molecular formula is C22H20N2O3S.